The summed E-state index contributed by atoms with van der Waals surface area (Å²) in [6, 6.07) is 0.741. The molecule has 0 aromatic heterocycles. The molecule has 0 spiro atoms. The predicted molar refractivity (Wildman–Crippen MR) is 80.5 cm³/mol. The third kappa shape index (κ3) is 4.73. The number of hydrogen-bond acceptors (Lipinski definition) is 3. The first-order chi connectivity index (χ1) is 8.83. The highest BCUT2D eigenvalue weighted by molar-refractivity contribution is 4.85. The Bertz CT molecular complexity index is 287. The Morgan fingerprint density at radius 1 is 1.16 bits per heavy atom. The van der Waals surface area contributed by atoms with Gasteiger partial charge in [-0.3, -0.25) is 4.90 Å². The van der Waals surface area contributed by atoms with Crippen LogP contribution in [-0.2, 0) is 4.74 Å². The van der Waals surface area contributed by atoms with Crippen LogP contribution in [0.2, 0.25) is 0 Å². The summed E-state index contributed by atoms with van der Waals surface area (Å²) in [4.78, 5) is 2.62. The van der Waals surface area contributed by atoms with Crippen molar-refractivity contribution in [3.63, 3.8) is 0 Å². The molecule has 2 fully saturated rings. The maximum absolute atomic E-state index is 6.20. The van der Waals surface area contributed by atoms with Crippen LogP contribution in [0.15, 0.2) is 0 Å². The number of nitrogens with one attached hydrogen (secondary N) is 1. The van der Waals surface area contributed by atoms with Crippen molar-refractivity contribution in [2.75, 3.05) is 19.6 Å². The van der Waals surface area contributed by atoms with Crippen molar-refractivity contribution in [3.05, 3.63) is 0 Å². The van der Waals surface area contributed by atoms with E-state index < -0.39 is 0 Å². The van der Waals surface area contributed by atoms with Gasteiger partial charge in [-0.05, 0) is 52.9 Å². The van der Waals surface area contributed by atoms with Crippen molar-refractivity contribution in [3.8, 4) is 0 Å². The molecule has 0 amide bonds. The van der Waals surface area contributed by atoms with Crippen molar-refractivity contribution in [2.45, 2.75) is 77.7 Å². The molecule has 0 bridgehead atoms. The van der Waals surface area contributed by atoms with Crippen LogP contribution in [0.5, 0.6) is 0 Å². The first-order valence-corrected chi connectivity index (χ1v) is 7.98. The van der Waals surface area contributed by atoms with E-state index in [0.29, 0.717) is 12.2 Å². The molecule has 0 aromatic carbocycles. The van der Waals surface area contributed by atoms with Crippen molar-refractivity contribution in [1.82, 2.24) is 10.2 Å². The Morgan fingerprint density at radius 2 is 1.84 bits per heavy atom. The molecule has 4 unspecified atom stereocenters. The molecule has 0 radical (unpaired) electrons. The molecular formula is C16H32N2O. The molecule has 0 aromatic rings. The Morgan fingerprint density at radius 3 is 2.42 bits per heavy atom. The second-order valence-electron chi connectivity index (χ2n) is 7.73. The van der Waals surface area contributed by atoms with Crippen LogP contribution in [0.1, 0.15) is 53.9 Å². The van der Waals surface area contributed by atoms with Gasteiger partial charge >= 0.3 is 0 Å². The Kier molecular flexibility index (Phi) is 4.91. The van der Waals surface area contributed by atoms with Gasteiger partial charge in [0.2, 0.25) is 0 Å². The summed E-state index contributed by atoms with van der Waals surface area (Å²) in [7, 11) is 0. The zero-order valence-corrected chi connectivity index (χ0v) is 13.4. The van der Waals surface area contributed by atoms with Crippen molar-refractivity contribution < 1.29 is 4.74 Å². The highest BCUT2D eigenvalue weighted by atomic mass is 16.5. The molecule has 2 saturated heterocycles. The predicted octanol–water partition coefficient (Wildman–Crippen LogP) is 2.65. The second kappa shape index (κ2) is 6.11. The summed E-state index contributed by atoms with van der Waals surface area (Å²) in [6.07, 6.45) is 4.67. The van der Waals surface area contributed by atoms with E-state index in [1.165, 1.54) is 25.8 Å². The van der Waals surface area contributed by atoms with Crippen LogP contribution in [-0.4, -0.2) is 48.3 Å². The summed E-state index contributed by atoms with van der Waals surface area (Å²) < 4.78 is 6.20. The van der Waals surface area contributed by atoms with E-state index >= 15 is 0 Å². The maximum atomic E-state index is 6.20. The van der Waals surface area contributed by atoms with Gasteiger partial charge in [0.1, 0.15) is 0 Å². The summed E-state index contributed by atoms with van der Waals surface area (Å²) >= 11 is 0. The minimum atomic E-state index is 0.195. The standard InChI is InChI=1S/C16H32N2O/c1-12-8-13(2)18(10-12)11-15-7-6-14(19-15)9-17-16(3,4)5/h12-15,17H,6-11H2,1-5H3. The lowest BCUT2D eigenvalue weighted by molar-refractivity contribution is 0.0193. The lowest BCUT2D eigenvalue weighted by Crippen LogP contribution is -2.41. The molecule has 2 aliphatic heterocycles. The molecule has 2 rings (SSSR count). The fraction of sp³-hybridized carbons (Fsp3) is 1.00. The van der Waals surface area contributed by atoms with E-state index in [-0.39, 0.29) is 5.54 Å². The molecule has 4 atom stereocenters. The van der Waals surface area contributed by atoms with Gasteiger partial charge < -0.3 is 10.1 Å². The van der Waals surface area contributed by atoms with E-state index in [0.717, 1.165) is 25.0 Å². The van der Waals surface area contributed by atoms with Gasteiger partial charge in [-0.2, -0.15) is 0 Å². The Labute approximate surface area is 119 Å². The topological polar surface area (TPSA) is 24.5 Å². The van der Waals surface area contributed by atoms with Gasteiger partial charge in [0.25, 0.3) is 0 Å². The van der Waals surface area contributed by atoms with Crippen LogP contribution in [0.25, 0.3) is 0 Å². The average Bonchev–Trinajstić information content (AvgIpc) is 2.83. The van der Waals surface area contributed by atoms with Crippen molar-refractivity contribution in [1.29, 1.82) is 0 Å². The van der Waals surface area contributed by atoms with Crippen molar-refractivity contribution in [2.24, 2.45) is 5.92 Å². The van der Waals surface area contributed by atoms with Gasteiger partial charge in [-0.25, -0.2) is 0 Å². The van der Waals surface area contributed by atoms with Gasteiger partial charge in [0.15, 0.2) is 0 Å². The quantitative estimate of drug-likeness (QED) is 0.848. The van der Waals surface area contributed by atoms with Crippen molar-refractivity contribution >= 4 is 0 Å². The molecule has 3 heteroatoms. The molecule has 3 nitrogen and oxygen atoms in total. The summed E-state index contributed by atoms with van der Waals surface area (Å²) in [5, 5.41) is 3.56. The third-order valence-corrected chi connectivity index (χ3v) is 4.41. The average molecular weight is 268 g/mol. The minimum absolute atomic E-state index is 0.195. The number of ether oxygens (including phenoxy) is 1. The summed E-state index contributed by atoms with van der Waals surface area (Å²) in [6.45, 7) is 14.8. The SMILES string of the molecule is CC1CC(C)N(CC2CCC(CNC(C)(C)C)O2)C1. The first-order valence-electron chi connectivity index (χ1n) is 7.98. The molecule has 2 heterocycles. The number of likely N-dealkylation sites (tertiary alicyclic amines) is 1. The first kappa shape index (κ1) is 15.3. The highest BCUT2D eigenvalue weighted by Crippen LogP contribution is 2.26. The van der Waals surface area contributed by atoms with Gasteiger partial charge in [0, 0.05) is 31.2 Å². The van der Waals surface area contributed by atoms with Crippen LogP contribution in [0, 0.1) is 5.92 Å². The molecular weight excluding hydrogens is 236 g/mol. The molecule has 112 valence electrons. The van der Waals surface area contributed by atoms with Crippen LogP contribution >= 0.6 is 0 Å². The maximum Gasteiger partial charge on any atom is 0.0707 e. The summed E-state index contributed by atoms with van der Waals surface area (Å²) in [5.41, 5.74) is 0.195. The lowest BCUT2D eigenvalue weighted by atomic mass is 10.1. The number of rotatable bonds is 4. The largest absolute Gasteiger partial charge is 0.372 e. The van der Waals surface area contributed by atoms with Gasteiger partial charge in [-0.15, -0.1) is 0 Å². The normalized spacial score (nSPS) is 37.1. The van der Waals surface area contributed by atoms with E-state index in [1.807, 2.05) is 0 Å². The van der Waals surface area contributed by atoms with E-state index in [9.17, 15) is 0 Å². The third-order valence-electron chi connectivity index (χ3n) is 4.41. The monoisotopic (exact) mass is 268 g/mol. The van der Waals surface area contributed by atoms with E-state index in [1.54, 1.807) is 0 Å². The molecule has 2 aliphatic rings. The lowest BCUT2D eigenvalue weighted by Gasteiger charge is -2.26. The van der Waals surface area contributed by atoms with Crippen LogP contribution < -0.4 is 5.32 Å². The second-order valence-corrected chi connectivity index (χ2v) is 7.73. The zero-order valence-electron chi connectivity index (χ0n) is 13.4. The number of nitrogens with zero attached hydrogens (tertiary/aromatic N) is 1. The van der Waals surface area contributed by atoms with E-state index in [4.69, 9.17) is 4.74 Å². The van der Waals surface area contributed by atoms with Gasteiger partial charge in [0.05, 0.1) is 12.2 Å². The molecule has 0 aliphatic carbocycles. The van der Waals surface area contributed by atoms with Gasteiger partial charge in [-0.1, -0.05) is 6.92 Å². The Balaban J connectivity index is 1.70. The molecule has 1 N–H and O–H groups in total. The fourth-order valence-corrected chi connectivity index (χ4v) is 3.39. The number of hydrogen-bond donors (Lipinski definition) is 1. The minimum Gasteiger partial charge on any atom is -0.372 e. The zero-order chi connectivity index (χ0) is 14.0. The molecule has 0 saturated carbocycles. The Hall–Kier alpha value is -0.120. The fourth-order valence-electron chi connectivity index (χ4n) is 3.39. The molecule has 19 heavy (non-hydrogen) atoms. The van der Waals surface area contributed by atoms with Crippen LogP contribution in [0.3, 0.4) is 0 Å². The van der Waals surface area contributed by atoms with E-state index in [2.05, 4.69) is 44.8 Å². The summed E-state index contributed by atoms with van der Waals surface area (Å²) in [5.74, 6) is 0.856. The smallest absolute Gasteiger partial charge is 0.0707 e. The highest BCUT2D eigenvalue weighted by Gasteiger charge is 2.32. The van der Waals surface area contributed by atoms with Crippen LogP contribution in [0.4, 0.5) is 0 Å².